The van der Waals surface area contributed by atoms with Gasteiger partial charge >= 0.3 is 0 Å². The fourth-order valence-electron chi connectivity index (χ4n) is 3.04. The summed E-state index contributed by atoms with van der Waals surface area (Å²) in [6.45, 7) is 0.834. The van der Waals surface area contributed by atoms with Crippen LogP contribution in [0.15, 0.2) is 54.9 Å². The van der Waals surface area contributed by atoms with Crippen molar-refractivity contribution in [2.24, 2.45) is 0 Å². The van der Waals surface area contributed by atoms with Gasteiger partial charge in [0, 0.05) is 25.0 Å². The molecule has 2 aromatic rings. The fraction of sp³-hybridized carbons (Fsp3) is 0.250. The van der Waals surface area contributed by atoms with Crippen molar-refractivity contribution in [3.63, 3.8) is 0 Å². The van der Waals surface area contributed by atoms with Gasteiger partial charge in [-0.05, 0) is 60.5 Å². The summed E-state index contributed by atoms with van der Waals surface area (Å²) in [4.78, 5) is 16.2. The van der Waals surface area contributed by atoms with Gasteiger partial charge in [-0.15, -0.1) is 0 Å². The largest absolute Gasteiger partial charge is 0.298 e. The first-order chi connectivity index (χ1) is 13.1. The molecule has 0 aliphatic carbocycles. The third-order valence-electron chi connectivity index (χ3n) is 4.35. The molecule has 1 aromatic heterocycles. The van der Waals surface area contributed by atoms with Crippen LogP contribution in [0.25, 0.3) is 6.08 Å². The topological polar surface area (TPSA) is 57.3 Å². The minimum absolute atomic E-state index is 0.164. The van der Waals surface area contributed by atoms with Gasteiger partial charge in [-0.25, -0.2) is 9.40 Å². The molecule has 7 heteroatoms. The van der Waals surface area contributed by atoms with Crippen LogP contribution >= 0.6 is 12.2 Å². The number of nitrogens with one attached hydrogen (secondary N) is 2. The standard InChI is InChI=1S/C20H21FN4OS/c21-17-9-6-15(7-10-17)8-11-19(26)23-20(27)24-25-13-2-1-5-18(25)16-4-3-12-22-14-16/h3-4,6-12,14,18H,1-2,5,13H2,(H2,23,24,26,27)/b11-8+. The SMILES string of the molecule is O=C(/C=C/c1ccc(F)cc1)NC(=S)NN1CCCCC1c1cccnc1. The van der Waals surface area contributed by atoms with E-state index in [9.17, 15) is 9.18 Å². The summed E-state index contributed by atoms with van der Waals surface area (Å²) in [7, 11) is 0. The van der Waals surface area contributed by atoms with E-state index in [2.05, 4.69) is 15.7 Å². The molecule has 0 radical (unpaired) electrons. The Kier molecular flexibility index (Phi) is 6.62. The number of amides is 1. The number of hydrogen-bond acceptors (Lipinski definition) is 4. The third kappa shape index (κ3) is 5.67. The smallest absolute Gasteiger partial charge is 0.250 e. The van der Waals surface area contributed by atoms with E-state index in [4.69, 9.17) is 12.2 Å². The zero-order valence-corrected chi connectivity index (χ0v) is 15.6. The van der Waals surface area contributed by atoms with Crippen molar-refractivity contribution in [3.8, 4) is 0 Å². The molecule has 1 unspecified atom stereocenters. The lowest BCUT2D eigenvalue weighted by molar-refractivity contribution is -0.115. The van der Waals surface area contributed by atoms with Crippen LogP contribution in [0.2, 0.25) is 0 Å². The lowest BCUT2D eigenvalue weighted by atomic mass is 9.98. The Labute approximate surface area is 163 Å². The summed E-state index contributed by atoms with van der Waals surface area (Å²) in [6.07, 6.45) is 9.79. The van der Waals surface area contributed by atoms with E-state index in [1.165, 1.54) is 18.2 Å². The average molecular weight is 384 g/mol. The number of pyridine rings is 1. The van der Waals surface area contributed by atoms with E-state index in [1.807, 2.05) is 23.3 Å². The van der Waals surface area contributed by atoms with Crippen molar-refractivity contribution in [1.82, 2.24) is 20.7 Å². The molecule has 0 saturated carbocycles. The number of carbonyl (C=O) groups excluding carboxylic acids is 1. The number of halogens is 1. The molecule has 3 rings (SSSR count). The highest BCUT2D eigenvalue weighted by Gasteiger charge is 2.24. The lowest BCUT2D eigenvalue weighted by Crippen LogP contribution is -2.51. The van der Waals surface area contributed by atoms with Gasteiger partial charge in [0.2, 0.25) is 5.91 Å². The summed E-state index contributed by atoms with van der Waals surface area (Å²) in [5.41, 5.74) is 4.98. The fourth-order valence-corrected chi connectivity index (χ4v) is 3.26. The number of piperidine rings is 1. The van der Waals surface area contributed by atoms with Crippen LogP contribution in [0.1, 0.15) is 36.4 Å². The molecular formula is C20H21FN4OS. The Morgan fingerprint density at radius 1 is 1.26 bits per heavy atom. The molecule has 27 heavy (non-hydrogen) atoms. The highest BCUT2D eigenvalue weighted by Crippen LogP contribution is 2.28. The monoisotopic (exact) mass is 384 g/mol. The Balaban J connectivity index is 1.55. The number of carbonyl (C=O) groups is 1. The van der Waals surface area contributed by atoms with Gasteiger partial charge in [-0.1, -0.05) is 24.6 Å². The molecule has 0 bridgehead atoms. The highest BCUT2D eigenvalue weighted by molar-refractivity contribution is 7.80. The normalized spacial score (nSPS) is 17.6. The summed E-state index contributed by atoms with van der Waals surface area (Å²) in [6, 6.07) is 10.0. The maximum absolute atomic E-state index is 12.9. The maximum Gasteiger partial charge on any atom is 0.250 e. The number of aromatic nitrogens is 1. The van der Waals surface area contributed by atoms with Gasteiger partial charge in [0.25, 0.3) is 0 Å². The molecule has 140 valence electrons. The van der Waals surface area contributed by atoms with Crippen LogP contribution in [-0.4, -0.2) is 27.6 Å². The van der Waals surface area contributed by atoms with E-state index in [0.717, 1.165) is 36.9 Å². The maximum atomic E-state index is 12.9. The summed E-state index contributed by atoms with van der Waals surface area (Å²) < 4.78 is 12.9. The Hall–Kier alpha value is -2.64. The summed E-state index contributed by atoms with van der Waals surface area (Å²) in [5.74, 6) is -0.654. The Morgan fingerprint density at radius 2 is 2.07 bits per heavy atom. The minimum atomic E-state index is -0.341. The number of thiocarbonyl (C=S) groups is 1. The van der Waals surface area contributed by atoms with Crippen molar-refractivity contribution in [2.45, 2.75) is 25.3 Å². The van der Waals surface area contributed by atoms with E-state index >= 15 is 0 Å². The van der Waals surface area contributed by atoms with Crippen LogP contribution < -0.4 is 10.7 Å². The van der Waals surface area contributed by atoms with Gasteiger partial charge in [0.1, 0.15) is 5.82 Å². The molecule has 2 heterocycles. The van der Waals surface area contributed by atoms with Gasteiger partial charge < -0.3 is 0 Å². The molecule has 1 fully saturated rings. The van der Waals surface area contributed by atoms with Crippen molar-refractivity contribution in [3.05, 3.63) is 71.8 Å². The number of hydrazine groups is 1. The second kappa shape index (κ2) is 9.34. The minimum Gasteiger partial charge on any atom is -0.298 e. The zero-order valence-electron chi connectivity index (χ0n) is 14.8. The molecule has 1 aliphatic rings. The number of hydrogen-bond donors (Lipinski definition) is 2. The molecule has 2 N–H and O–H groups in total. The first-order valence-electron chi connectivity index (χ1n) is 8.83. The first-order valence-corrected chi connectivity index (χ1v) is 9.24. The van der Waals surface area contributed by atoms with Gasteiger partial charge in [-0.3, -0.25) is 20.5 Å². The van der Waals surface area contributed by atoms with E-state index in [-0.39, 0.29) is 22.9 Å². The Morgan fingerprint density at radius 3 is 2.81 bits per heavy atom. The van der Waals surface area contributed by atoms with Gasteiger partial charge in [0.05, 0.1) is 6.04 Å². The average Bonchev–Trinajstić information content (AvgIpc) is 2.68. The first kappa shape index (κ1) is 19.1. The van der Waals surface area contributed by atoms with Gasteiger partial charge in [-0.2, -0.15) is 0 Å². The van der Waals surface area contributed by atoms with Crippen LogP contribution in [0.5, 0.6) is 0 Å². The summed E-state index contributed by atoms with van der Waals surface area (Å²) >= 11 is 5.28. The summed E-state index contributed by atoms with van der Waals surface area (Å²) in [5, 5.41) is 4.94. The molecule has 1 atom stereocenters. The van der Waals surface area contributed by atoms with Crippen LogP contribution in [0.4, 0.5) is 4.39 Å². The number of benzene rings is 1. The second-order valence-electron chi connectivity index (χ2n) is 6.31. The zero-order chi connectivity index (χ0) is 19.1. The molecule has 1 aliphatic heterocycles. The predicted octanol–water partition coefficient (Wildman–Crippen LogP) is 3.37. The van der Waals surface area contributed by atoms with Crippen molar-refractivity contribution in [2.75, 3.05) is 6.54 Å². The Bertz CT molecular complexity index is 810. The van der Waals surface area contributed by atoms with Crippen LogP contribution in [0, 0.1) is 5.82 Å². The van der Waals surface area contributed by atoms with Crippen LogP contribution in [-0.2, 0) is 4.79 Å². The van der Waals surface area contributed by atoms with Crippen molar-refractivity contribution >= 4 is 29.3 Å². The molecule has 1 saturated heterocycles. The third-order valence-corrected chi connectivity index (χ3v) is 4.54. The van der Waals surface area contributed by atoms with E-state index < -0.39 is 0 Å². The van der Waals surface area contributed by atoms with Crippen molar-refractivity contribution < 1.29 is 9.18 Å². The lowest BCUT2D eigenvalue weighted by Gasteiger charge is -2.36. The predicted molar refractivity (Wildman–Crippen MR) is 107 cm³/mol. The molecule has 1 aromatic carbocycles. The van der Waals surface area contributed by atoms with Gasteiger partial charge in [0.15, 0.2) is 5.11 Å². The van der Waals surface area contributed by atoms with E-state index in [0.29, 0.717) is 0 Å². The molecule has 1 amide bonds. The van der Waals surface area contributed by atoms with Crippen LogP contribution in [0.3, 0.4) is 0 Å². The quantitative estimate of drug-likeness (QED) is 0.625. The van der Waals surface area contributed by atoms with E-state index in [1.54, 1.807) is 24.4 Å². The molecule has 5 nitrogen and oxygen atoms in total. The molecule has 0 spiro atoms. The highest BCUT2D eigenvalue weighted by atomic mass is 32.1. The second-order valence-corrected chi connectivity index (χ2v) is 6.71. The number of nitrogens with zero attached hydrogens (tertiary/aromatic N) is 2. The molecular weight excluding hydrogens is 363 g/mol. The number of rotatable bonds is 4. The van der Waals surface area contributed by atoms with Crippen molar-refractivity contribution in [1.29, 1.82) is 0 Å².